The minimum Gasteiger partial charge on any atom is -0.507 e. The molecule has 1 N–H and O–H groups in total. The monoisotopic (exact) mass is 264 g/mol. The quantitative estimate of drug-likeness (QED) is 0.492. The molecule has 1 nitrogen and oxygen atoms in total. The Morgan fingerprint density at radius 3 is 2.55 bits per heavy atom. The lowest BCUT2D eigenvalue weighted by atomic mass is 9.95. The molecule has 0 aliphatic heterocycles. The molecule has 3 rings (SSSR count). The molecule has 0 radical (unpaired) electrons. The van der Waals surface area contributed by atoms with E-state index in [2.05, 4.69) is 37.3 Å². The minimum absolute atomic E-state index is 0.435. The summed E-state index contributed by atoms with van der Waals surface area (Å²) >= 11 is 0. The van der Waals surface area contributed by atoms with Gasteiger partial charge in [0.25, 0.3) is 0 Å². The Hall–Kier alpha value is -2.02. The second-order valence-electron chi connectivity index (χ2n) is 5.42. The van der Waals surface area contributed by atoms with E-state index >= 15 is 0 Å². The van der Waals surface area contributed by atoms with Crippen molar-refractivity contribution in [3.05, 3.63) is 54.1 Å². The molecule has 0 bridgehead atoms. The van der Waals surface area contributed by atoms with Crippen LogP contribution in [-0.2, 0) is 6.42 Å². The lowest BCUT2D eigenvalue weighted by Gasteiger charge is -2.11. The van der Waals surface area contributed by atoms with Crippen molar-refractivity contribution in [3.63, 3.8) is 0 Å². The van der Waals surface area contributed by atoms with Crippen LogP contribution in [0.5, 0.6) is 5.75 Å². The SMILES string of the molecule is CCCCCc1cccc2cc3ccccc3c(O)c12. The summed E-state index contributed by atoms with van der Waals surface area (Å²) in [4.78, 5) is 0. The van der Waals surface area contributed by atoms with Gasteiger partial charge in [0.2, 0.25) is 0 Å². The Kier molecular flexibility index (Phi) is 3.60. The van der Waals surface area contributed by atoms with Crippen LogP contribution in [0.25, 0.3) is 21.5 Å². The highest BCUT2D eigenvalue weighted by molar-refractivity contribution is 6.06. The molecular formula is C19H20O. The van der Waals surface area contributed by atoms with Crippen molar-refractivity contribution in [1.29, 1.82) is 0 Å². The molecule has 0 saturated heterocycles. The smallest absolute Gasteiger partial charge is 0.131 e. The number of phenolic OH excluding ortho intramolecular Hbond substituents is 1. The molecule has 20 heavy (non-hydrogen) atoms. The molecule has 3 aromatic rings. The van der Waals surface area contributed by atoms with Crippen LogP contribution < -0.4 is 0 Å². The van der Waals surface area contributed by atoms with E-state index < -0.39 is 0 Å². The molecule has 0 spiro atoms. The summed E-state index contributed by atoms with van der Waals surface area (Å²) in [5, 5.41) is 14.9. The average molecular weight is 264 g/mol. The first-order chi connectivity index (χ1) is 9.81. The molecule has 0 amide bonds. The number of benzene rings is 3. The van der Waals surface area contributed by atoms with Gasteiger partial charge in [0.15, 0.2) is 0 Å². The summed E-state index contributed by atoms with van der Waals surface area (Å²) in [6.07, 6.45) is 4.68. The van der Waals surface area contributed by atoms with Crippen LogP contribution in [0.1, 0.15) is 31.7 Å². The second kappa shape index (κ2) is 5.54. The number of unbranched alkanes of at least 4 members (excludes halogenated alkanes) is 2. The van der Waals surface area contributed by atoms with Crippen LogP contribution in [0, 0.1) is 0 Å². The number of hydrogen-bond acceptors (Lipinski definition) is 1. The van der Waals surface area contributed by atoms with Crippen LogP contribution >= 0.6 is 0 Å². The van der Waals surface area contributed by atoms with Crippen LogP contribution in [0.3, 0.4) is 0 Å². The van der Waals surface area contributed by atoms with E-state index in [-0.39, 0.29) is 0 Å². The number of hydrogen-bond donors (Lipinski definition) is 1. The van der Waals surface area contributed by atoms with E-state index in [1.165, 1.54) is 24.8 Å². The van der Waals surface area contributed by atoms with Gasteiger partial charge in [-0.25, -0.2) is 0 Å². The molecule has 3 aromatic carbocycles. The standard InChI is InChI=1S/C19H20O/c1-2-3-4-8-14-10-7-11-16-13-15-9-5-6-12-17(15)19(20)18(14)16/h5-7,9-13,20H,2-4,8H2,1H3. The molecule has 0 fully saturated rings. The maximum Gasteiger partial charge on any atom is 0.131 e. The Morgan fingerprint density at radius 2 is 1.70 bits per heavy atom. The Bertz CT molecular complexity index is 743. The van der Waals surface area contributed by atoms with E-state index in [0.717, 1.165) is 28.0 Å². The first-order valence-corrected chi connectivity index (χ1v) is 7.43. The normalized spacial score (nSPS) is 11.2. The van der Waals surface area contributed by atoms with E-state index in [4.69, 9.17) is 0 Å². The third-order valence-corrected chi connectivity index (χ3v) is 4.00. The van der Waals surface area contributed by atoms with Crippen molar-refractivity contribution in [2.75, 3.05) is 0 Å². The van der Waals surface area contributed by atoms with Gasteiger partial charge in [-0.3, -0.25) is 0 Å². The summed E-state index contributed by atoms with van der Waals surface area (Å²) in [5.74, 6) is 0.435. The van der Waals surface area contributed by atoms with Gasteiger partial charge in [-0.2, -0.15) is 0 Å². The second-order valence-corrected chi connectivity index (χ2v) is 5.42. The summed E-state index contributed by atoms with van der Waals surface area (Å²) in [5.41, 5.74) is 1.26. The van der Waals surface area contributed by atoms with Gasteiger partial charge in [-0.05, 0) is 35.2 Å². The van der Waals surface area contributed by atoms with Crippen molar-refractivity contribution in [2.45, 2.75) is 32.6 Å². The number of phenols is 1. The Labute approximate surface area is 119 Å². The van der Waals surface area contributed by atoms with Crippen LogP contribution in [0.2, 0.25) is 0 Å². The third kappa shape index (κ3) is 2.24. The first kappa shape index (κ1) is 13.0. The van der Waals surface area contributed by atoms with Gasteiger partial charge in [-0.15, -0.1) is 0 Å². The Morgan fingerprint density at radius 1 is 0.900 bits per heavy atom. The van der Waals surface area contributed by atoms with Crippen molar-refractivity contribution >= 4 is 21.5 Å². The van der Waals surface area contributed by atoms with E-state index in [9.17, 15) is 5.11 Å². The number of aryl methyl sites for hydroxylation is 1. The van der Waals surface area contributed by atoms with Gasteiger partial charge >= 0.3 is 0 Å². The topological polar surface area (TPSA) is 20.2 Å². The molecule has 0 atom stereocenters. The molecule has 0 aromatic heterocycles. The highest BCUT2D eigenvalue weighted by Gasteiger charge is 2.09. The largest absolute Gasteiger partial charge is 0.507 e. The molecular weight excluding hydrogens is 244 g/mol. The predicted octanol–water partition coefficient (Wildman–Crippen LogP) is 5.43. The molecule has 102 valence electrons. The van der Waals surface area contributed by atoms with E-state index in [0.29, 0.717) is 5.75 Å². The zero-order valence-corrected chi connectivity index (χ0v) is 11.9. The highest BCUT2D eigenvalue weighted by Crippen LogP contribution is 2.36. The zero-order valence-electron chi connectivity index (χ0n) is 11.9. The van der Waals surface area contributed by atoms with Gasteiger partial charge in [0.1, 0.15) is 5.75 Å². The molecule has 1 heteroatoms. The molecule has 0 aliphatic carbocycles. The fraction of sp³-hybridized carbons (Fsp3) is 0.263. The summed E-state index contributed by atoms with van der Waals surface area (Å²) < 4.78 is 0. The van der Waals surface area contributed by atoms with Gasteiger partial charge in [0, 0.05) is 10.8 Å². The van der Waals surface area contributed by atoms with Crippen LogP contribution in [0.4, 0.5) is 0 Å². The van der Waals surface area contributed by atoms with Gasteiger partial charge in [-0.1, -0.05) is 62.2 Å². The molecule has 0 aliphatic rings. The van der Waals surface area contributed by atoms with Crippen LogP contribution in [0.15, 0.2) is 48.5 Å². The first-order valence-electron chi connectivity index (χ1n) is 7.43. The summed E-state index contributed by atoms with van der Waals surface area (Å²) in [6.45, 7) is 2.22. The Balaban J connectivity index is 2.19. The summed E-state index contributed by atoms with van der Waals surface area (Å²) in [7, 11) is 0. The maximum atomic E-state index is 10.6. The van der Waals surface area contributed by atoms with Gasteiger partial charge in [0.05, 0.1) is 0 Å². The molecule has 0 saturated carbocycles. The lowest BCUT2D eigenvalue weighted by molar-refractivity contribution is 0.487. The fourth-order valence-electron chi connectivity index (χ4n) is 2.94. The third-order valence-electron chi connectivity index (χ3n) is 4.00. The number of fused-ring (bicyclic) bond motifs is 2. The highest BCUT2D eigenvalue weighted by atomic mass is 16.3. The average Bonchev–Trinajstić information content (AvgIpc) is 2.48. The van der Waals surface area contributed by atoms with Crippen molar-refractivity contribution in [3.8, 4) is 5.75 Å². The van der Waals surface area contributed by atoms with Gasteiger partial charge < -0.3 is 5.11 Å². The van der Waals surface area contributed by atoms with E-state index in [1.54, 1.807) is 0 Å². The molecule has 0 heterocycles. The summed E-state index contributed by atoms with van der Waals surface area (Å²) in [6, 6.07) is 16.5. The zero-order chi connectivity index (χ0) is 13.9. The van der Waals surface area contributed by atoms with E-state index in [1.807, 2.05) is 18.2 Å². The van der Waals surface area contributed by atoms with Crippen molar-refractivity contribution in [2.24, 2.45) is 0 Å². The lowest BCUT2D eigenvalue weighted by Crippen LogP contribution is -1.89. The minimum atomic E-state index is 0.435. The van der Waals surface area contributed by atoms with Crippen molar-refractivity contribution in [1.82, 2.24) is 0 Å². The van der Waals surface area contributed by atoms with Crippen molar-refractivity contribution < 1.29 is 5.11 Å². The maximum absolute atomic E-state index is 10.6. The number of aromatic hydroxyl groups is 1. The molecule has 0 unspecified atom stereocenters. The number of rotatable bonds is 4. The van der Waals surface area contributed by atoms with Crippen LogP contribution in [-0.4, -0.2) is 5.11 Å². The fourth-order valence-corrected chi connectivity index (χ4v) is 2.94. The predicted molar refractivity (Wildman–Crippen MR) is 86.3 cm³/mol.